The van der Waals surface area contributed by atoms with E-state index < -0.39 is 17.5 Å². The van der Waals surface area contributed by atoms with E-state index in [1.54, 1.807) is 24.5 Å². The number of benzene rings is 1. The number of hydrogen-bond acceptors (Lipinski definition) is 8. The number of aromatic nitrogens is 5. The molecule has 1 aromatic carbocycles. The van der Waals surface area contributed by atoms with Gasteiger partial charge in [-0.2, -0.15) is 4.52 Å². The van der Waals surface area contributed by atoms with Gasteiger partial charge in [-0.05, 0) is 49.6 Å². The SMILES string of the molecule is O=C(Nc1cnc2ccc(N3CCC[C@@H]3c3cc(F)ccc3F)nn12)c1ncc(N2CC[C@H](O)C2)cn1. The Morgan fingerprint density at radius 2 is 1.86 bits per heavy atom. The number of nitrogens with one attached hydrogen (secondary N) is 1. The molecule has 2 fully saturated rings. The highest BCUT2D eigenvalue weighted by Crippen LogP contribution is 2.36. The van der Waals surface area contributed by atoms with Gasteiger partial charge in [0.2, 0.25) is 5.82 Å². The molecule has 37 heavy (non-hydrogen) atoms. The van der Waals surface area contributed by atoms with Crippen LogP contribution in [0.1, 0.15) is 41.5 Å². The van der Waals surface area contributed by atoms with E-state index in [-0.39, 0.29) is 18.0 Å². The normalized spacial score (nSPS) is 19.6. The van der Waals surface area contributed by atoms with Crippen molar-refractivity contribution < 1.29 is 18.7 Å². The summed E-state index contributed by atoms with van der Waals surface area (Å²) in [5, 5.41) is 17.1. The molecule has 0 radical (unpaired) electrons. The van der Waals surface area contributed by atoms with Crippen molar-refractivity contribution >= 4 is 28.9 Å². The molecule has 0 spiro atoms. The first kappa shape index (κ1) is 23.2. The first-order valence-corrected chi connectivity index (χ1v) is 12.1. The summed E-state index contributed by atoms with van der Waals surface area (Å²) in [5.74, 6) is -0.606. The molecule has 2 N–H and O–H groups in total. The maximum atomic E-state index is 14.5. The number of carbonyl (C=O) groups is 1. The van der Waals surface area contributed by atoms with Gasteiger partial charge in [-0.15, -0.1) is 5.10 Å². The van der Waals surface area contributed by atoms with Gasteiger partial charge in [0.25, 0.3) is 5.91 Å². The Hall–Kier alpha value is -4.19. The fraction of sp³-hybridized carbons (Fsp3) is 0.320. The predicted octanol–water partition coefficient (Wildman–Crippen LogP) is 2.96. The molecule has 0 aliphatic carbocycles. The monoisotopic (exact) mass is 506 g/mol. The summed E-state index contributed by atoms with van der Waals surface area (Å²) in [4.78, 5) is 29.4. The number of amides is 1. The van der Waals surface area contributed by atoms with Crippen LogP contribution in [-0.2, 0) is 0 Å². The minimum atomic E-state index is -0.525. The van der Waals surface area contributed by atoms with Crippen LogP contribution in [0.4, 0.5) is 26.1 Å². The van der Waals surface area contributed by atoms with Gasteiger partial charge < -0.3 is 20.2 Å². The molecule has 3 aromatic heterocycles. The lowest BCUT2D eigenvalue weighted by Gasteiger charge is -2.26. The largest absolute Gasteiger partial charge is 0.391 e. The highest BCUT2D eigenvalue weighted by Gasteiger charge is 2.30. The van der Waals surface area contributed by atoms with Crippen molar-refractivity contribution in [2.45, 2.75) is 31.4 Å². The maximum Gasteiger partial charge on any atom is 0.294 e. The van der Waals surface area contributed by atoms with Crippen LogP contribution >= 0.6 is 0 Å². The minimum Gasteiger partial charge on any atom is -0.391 e. The molecule has 5 heterocycles. The number of aliphatic hydroxyl groups is 1. The van der Waals surface area contributed by atoms with Crippen molar-refractivity contribution in [1.82, 2.24) is 24.6 Å². The van der Waals surface area contributed by atoms with E-state index in [1.165, 1.54) is 16.8 Å². The average Bonchev–Trinajstić information content (AvgIpc) is 3.65. The van der Waals surface area contributed by atoms with E-state index in [4.69, 9.17) is 0 Å². The van der Waals surface area contributed by atoms with E-state index in [9.17, 15) is 18.7 Å². The molecule has 2 atom stereocenters. The Bertz CT molecular complexity index is 1460. The van der Waals surface area contributed by atoms with Crippen molar-refractivity contribution in [3.63, 3.8) is 0 Å². The Balaban J connectivity index is 1.23. The Labute approximate surface area is 210 Å². The van der Waals surface area contributed by atoms with E-state index >= 15 is 0 Å². The van der Waals surface area contributed by atoms with Gasteiger partial charge in [0.1, 0.15) is 17.5 Å². The first-order valence-electron chi connectivity index (χ1n) is 12.1. The summed E-state index contributed by atoms with van der Waals surface area (Å²) >= 11 is 0. The van der Waals surface area contributed by atoms with Crippen molar-refractivity contribution in [2.24, 2.45) is 0 Å². The molecule has 0 bridgehead atoms. The second-order valence-corrected chi connectivity index (χ2v) is 9.23. The van der Waals surface area contributed by atoms with E-state index in [0.717, 1.165) is 24.2 Å². The molecule has 2 saturated heterocycles. The average molecular weight is 507 g/mol. The second-order valence-electron chi connectivity index (χ2n) is 9.23. The third-order valence-electron chi connectivity index (χ3n) is 6.82. The summed E-state index contributed by atoms with van der Waals surface area (Å²) in [6.45, 7) is 1.84. The Morgan fingerprint density at radius 3 is 2.65 bits per heavy atom. The van der Waals surface area contributed by atoms with Crippen LogP contribution in [0.2, 0.25) is 0 Å². The number of rotatable bonds is 5. The van der Waals surface area contributed by atoms with Crippen LogP contribution in [0.5, 0.6) is 0 Å². The predicted molar refractivity (Wildman–Crippen MR) is 131 cm³/mol. The van der Waals surface area contributed by atoms with Gasteiger partial charge in [-0.1, -0.05) is 0 Å². The lowest BCUT2D eigenvalue weighted by atomic mass is 10.0. The van der Waals surface area contributed by atoms with Crippen molar-refractivity contribution in [3.8, 4) is 0 Å². The summed E-state index contributed by atoms with van der Waals surface area (Å²) < 4.78 is 29.9. The number of nitrogens with zero attached hydrogens (tertiary/aromatic N) is 7. The number of imidazole rings is 1. The third kappa shape index (κ3) is 4.44. The molecule has 190 valence electrons. The van der Waals surface area contributed by atoms with Crippen LogP contribution in [0.3, 0.4) is 0 Å². The fourth-order valence-corrected chi connectivity index (χ4v) is 4.99. The number of aliphatic hydroxyl groups excluding tert-OH is 1. The van der Waals surface area contributed by atoms with E-state index in [2.05, 4.69) is 25.4 Å². The number of hydrogen-bond donors (Lipinski definition) is 2. The maximum absolute atomic E-state index is 14.5. The molecule has 4 aromatic rings. The summed E-state index contributed by atoms with van der Waals surface area (Å²) in [6, 6.07) is 6.66. The van der Waals surface area contributed by atoms with Crippen LogP contribution < -0.4 is 15.1 Å². The number of β-amino-alcohol motifs (C(OH)–C–C–N with tert-alkyl or cyclic N) is 1. The molecule has 0 saturated carbocycles. The molecular formula is C25H24F2N8O2. The van der Waals surface area contributed by atoms with E-state index in [1.807, 2.05) is 9.80 Å². The molecule has 2 aliphatic heterocycles. The van der Waals surface area contributed by atoms with Crippen LogP contribution in [0, 0.1) is 11.6 Å². The molecular weight excluding hydrogens is 482 g/mol. The second kappa shape index (κ2) is 9.36. The molecule has 2 aliphatic rings. The number of carbonyl (C=O) groups excluding carboxylic acids is 1. The molecule has 0 unspecified atom stereocenters. The van der Waals surface area contributed by atoms with Crippen LogP contribution in [0.25, 0.3) is 5.65 Å². The smallest absolute Gasteiger partial charge is 0.294 e. The van der Waals surface area contributed by atoms with E-state index in [0.29, 0.717) is 55.3 Å². The fourth-order valence-electron chi connectivity index (χ4n) is 4.99. The van der Waals surface area contributed by atoms with Crippen LogP contribution in [0.15, 0.2) is 48.9 Å². The van der Waals surface area contributed by atoms with Crippen LogP contribution in [-0.4, -0.2) is 61.3 Å². The summed E-state index contributed by atoms with van der Waals surface area (Å²) in [6.07, 6.45) is 6.38. The first-order chi connectivity index (χ1) is 18.0. The van der Waals surface area contributed by atoms with Crippen molar-refractivity contribution in [2.75, 3.05) is 34.8 Å². The number of anilines is 3. The van der Waals surface area contributed by atoms with Gasteiger partial charge in [-0.25, -0.2) is 23.7 Å². The molecule has 12 heteroatoms. The third-order valence-corrected chi connectivity index (χ3v) is 6.82. The lowest BCUT2D eigenvalue weighted by molar-refractivity contribution is 0.101. The summed E-state index contributed by atoms with van der Waals surface area (Å²) in [5.41, 5.74) is 1.54. The van der Waals surface area contributed by atoms with Crippen molar-refractivity contribution in [1.29, 1.82) is 0 Å². The summed E-state index contributed by atoms with van der Waals surface area (Å²) in [7, 11) is 0. The highest BCUT2D eigenvalue weighted by atomic mass is 19.1. The van der Waals surface area contributed by atoms with Crippen molar-refractivity contribution in [3.05, 3.63) is 71.9 Å². The minimum absolute atomic E-state index is 0.0178. The highest BCUT2D eigenvalue weighted by molar-refractivity contribution is 6.01. The number of fused-ring (bicyclic) bond motifs is 1. The standard InChI is InChI=1S/C25H24F2N8O2/c26-15-3-4-19(27)18(10-15)20-2-1-8-34(20)22-6-5-21-28-13-23(35(21)32-22)31-25(37)24-29-11-16(12-30-24)33-9-7-17(36)14-33/h3-6,10-13,17,20,36H,1-2,7-9,14H2,(H,31,37)/t17-,20+/m0/s1. The Kier molecular flexibility index (Phi) is 5.87. The molecule has 1 amide bonds. The quantitative estimate of drug-likeness (QED) is 0.425. The topological polar surface area (TPSA) is 112 Å². The van der Waals surface area contributed by atoms with Gasteiger partial charge in [0.05, 0.1) is 36.4 Å². The zero-order valence-electron chi connectivity index (χ0n) is 19.8. The molecule has 6 rings (SSSR count). The Morgan fingerprint density at radius 1 is 1.03 bits per heavy atom. The zero-order chi connectivity index (χ0) is 25.5. The lowest BCUT2D eigenvalue weighted by Crippen LogP contribution is -2.25. The van der Waals surface area contributed by atoms with Gasteiger partial charge in [0.15, 0.2) is 11.5 Å². The van der Waals surface area contributed by atoms with Gasteiger partial charge in [-0.3, -0.25) is 4.79 Å². The number of halogens is 2. The molecule has 10 nitrogen and oxygen atoms in total. The van der Waals surface area contributed by atoms with Gasteiger partial charge >= 0.3 is 0 Å². The zero-order valence-corrected chi connectivity index (χ0v) is 19.8. The van der Waals surface area contributed by atoms with Gasteiger partial charge in [0, 0.05) is 25.2 Å².